The lowest BCUT2D eigenvalue weighted by Crippen LogP contribution is -2.26. The first-order valence-corrected chi connectivity index (χ1v) is 7.58. The lowest BCUT2D eigenvalue weighted by molar-refractivity contribution is -0.119. The molecule has 2 aromatic rings. The van der Waals surface area contributed by atoms with Gasteiger partial charge in [-0.2, -0.15) is 5.10 Å². The van der Waals surface area contributed by atoms with Crippen molar-refractivity contribution in [1.29, 1.82) is 0 Å². The summed E-state index contributed by atoms with van der Waals surface area (Å²) in [4.78, 5) is 11.9. The Bertz CT molecular complexity index is 761. The SMILES string of the molecule is COc1ccc(C(C)=NNC(=O)CNc2ccc(F)cc2)c(OC)c1. The third-order valence-electron chi connectivity index (χ3n) is 3.44. The molecule has 0 saturated carbocycles. The lowest BCUT2D eigenvalue weighted by atomic mass is 10.1. The van der Waals surface area contributed by atoms with Gasteiger partial charge in [-0.25, -0.2) is 9.82 Å². The summed E-state index contributed by atoms with van der Waals surface area (Å²) < 4.78 is 23.3. The van der Waals surface area contributed by atoms with Crippen LogP contribution in [-0.2, 0) is 4.79 Å². The van der Waals surface area contributed by atoms with Gasteiger partial charge in [-0.05, 0) is 43.3 Å². The smallest absolute Gasteiger partial charge is 0.259 e. The molecule has 0 aliphatic carbocycles. The number of hydrogen-bond acceptors (Lipinski definition) is 5. The second kappa shape index (κ2) is 8.68. The lowest BCUT2D eigenvalue weighted by Gasteiger charge is -2.10. The predicted molar refractivity (Wildman–Crippen MR) is 94.8 cm³/mol. The van der Waals surface area contributed by atoms with E-state index in [0.29, 0.717) is 22.9 Å². The Morgan fingerprint density at radius 2 is 1.84 bits per heavy atom. The number of hydrazone groups is 1. The van der Waals surface area contributed by atoms with E-state index in [-0.39, 0.29) is 18.3 Å². The van der Waals surface area contributed by atoms with Crippen LogP contribution in [0.4, 0.5) is 10.1 Å². The van der Waals surface area contributed by atoms with Crippen molar-refractivity contribution in [1.82, 2.24) is 5.43 Å². The number of hydrogen-bond donors (Lipinski definition) is 2. The zero-order valence-electron chi connectivity index (χ0n) is 14.3. The number of rotatable bonds is 7. The van der Waals surface area contributed by atoms with Crippen molar-refractivity contribution in [3.63, 3.8) is 0 Å². The third-order valence-corrected chi connectivity index (χ3v) is 3.44. The van der Waals surface area contributed by atoms with Crippen LogP contribution in [-0.4, -0.2) is 32.4 Å². The van der Waals surface area contributed by atoms with Gasteiger partial charge in [0.15, 0.2) is 0 Å². The number of halogens is 1. The number of nitrogens with zero attached hydrogens (tertiary/aromatic N) is 1. The second-order valence-electron chi connectivity index (χ2n) is 5.16. The number of nitrogens with one attached hydrogen (secondary N) is 2. The Morgan fingerprint density at radius 3 is 2.48 bits per heavy atom. The average Bonchev–Trinajstić information content (AvgIpc) is 2.65. The molecule has 2 rings (SSSR count). The fourth-order valence-electron chi connectivity index (χ4n) is 2.09. The molecule has 0 aliphatic heterocycles. The maximum Gasteiger partial charge on any atom is 0.259 e. The molecule has 0 heterocycles. The van der Waals surface area contributed by atoms with Crippen molar-refractivity contribution in [2.24, 2.45) is 5.10 Å². The van der Waals surface area contributed by atoms with E-state index in [9.17, 15) is 9.18 Å². The summed E-state index contributed by atoms with van der Waals surface area (Å²) in [5.74, 6) is 0.611. The molecule has 0 spiro atoms. The minimum Gasteiger partial charge on any atom is -0.497 e. The van der Waals surface area contributed by atoms with Crippen LogP contribution in [0.1, 0.15) is 12.5 Å². The topological polar surface area (TPSA) is 72.0 Å². The van der Waals surface area contributed by atoms with Crippen LogP contribution in [0.15, 0.2) is 47.6 Å². The molecule has 2 N–H and O–H groups in total. The minimum absolute atomic E-state index is 0.0160. The van der Waals surface area contributed by atoms with Gasteiger partial charge >= 0.3 is 0 Å². The van der Waals surface area contributed by atoms with E-state index in [4.69, 9.17) is 9.47 Å². The maximum absolute atomic E-state index is 12.8. The Morgan fingerprint density at radius 1 is 1.12 bits per heavy atom. The molecule has 0 bridgehead atoms. The zero-order valence-corrected chi connectivity index (χ0v) is 14.3. The highest BCUT2D eigenvalue weighted by atomic mass is 19.1. The first-order chi connectivity index (χ1) is 12.0. The first kappa shape index (κ1) is 18.3. The van der Waals surface area contributed by atoms with Gasteiger partial charge < -0.3 is 14.8 Å². The molecule has 132 valence electrons. The number of methoxy groups -OCH3 is 2. The molecule has 1 amide bonds. The summed E-state index contributed by atoms with van der Waals surface area (Å²) in [5, 5.41) is 6.96. The number of carbonyl (C=O) groups is 1. The molecular formula is C18H20FN3O3. The van der Waals surface area contributed by atoms with Crippen molar-refractivity contribution in [2.45, 2.75) is 6.92 Å². The first-order valence-electron chi connectivity index (χ1n) is 7.58. The molecule has 6 nitrogen and oxygen atoms in total. The monoisotopic (exact) mass is 345 g/mol. The zero-order chi connectivity index (χ0) is 18.2. The van der Waals surface area contributed by atoms with Gasteiger partial charge in [0, 0.05) is 17.3 Å². The number of anilines is 1. The third kappa shape index (κ3) is 5.20. The normalized spacial score (nSPS) is 11.0. The summed E-state index contributed by atoms with van der Waals surface area (Å²) in [7, 11) is 3.13. The van der Waals surface area contributed by atoms with Crippen LogP contribution in [0.3, 0.4) is 0 Å². The summed E-state index contributed by atoms with van der Waals surface area (Å²) in [6.45, 7) is 1.78. The molecule has 0 fully saturated rings. The van der Waals surface area contributed by atoms with E-state index in [1.54, 1.807) is 51.5 Å². The maximum atomic E-state index is 12.8. The molecule has 2 aromatic carbocycles. The molecule has 0 unspecified atom stereocenters. The van der Waals surface area contributed by atoms with Crippen molar-refractivity contribution < 1.29 is 18.7 Å². The van der Waals surface area contributed by atoms with E-state index >= 15 is 0 Å². The molecule has 0 radical (unpaired) electrons. The average molecular weight is 345 g/mol. The minimum atomic E-state index is -0.330. The molecule has 25 heavy (non-hydrogen) atoms. The van der Waals surface area contributed by atoms with Gasteiger partial charge in [-0.15, -0.1) is 0 Å². The van der Waals surface area contributed by atoms with Crippen molar-refractivity contribution >= 4 is 17.3 Å². The van der Waals surface area contributed by atoms with Crippen LogP contribution in [0.2, 0.25) is 0 Å². The second-order valence-corrected chi connectivity index (χ2v) is 5.16. The van der Waals surface area contributed by atoms with Gasteiger partial charge in [0.1, 0.15) is 17.3 Å². The van der Waals surface area contributed by atoms with Crippen molar-refractivity contribution in [2.75, 3.05) is 26.1 Å². The van der Waals surface area contributed by atoms with E-state index in [1.807, 2.05) is 0 Å². The van der Waals surface area contributed by atoms with Crippen molar-refractivity contribution in [3.05, 3.63) is 53.8 Å². The van der Waals surface area contributed by atoms with Gasteiger partial charge in [-0.1, -0.05) is 0 Å². The van der Waals surface area contributed by atoms with Gasteiger partial charge in [0.25, 0.3) is 5.91 Å². The van der Waals surface area contributed by atoms with E-state index in [0.717, 1.165) is 5.56 Å². The summed E-state index contributed by atoms with van der Waals surface area (Å²) >= 11 is 0. The molecule has 0 saturated heterocycles. The Kier molecular flexibility index (Phi) is 6.33. The fraction of sp³-hybridized carbons (Fsp3) is 0.222. The van der Waals surface area contributed by atoms with Crippen LogP contribution in [0.25, 0.3) is 0 Å². The fourth-order valence-corrected chi connectivity index (χ4v) is 2.09. The number of ether oxygens (including phenoxy) is 2. The number of benzene rings is 2. The Hall–Kier alpha value is -3.09. The van der Waals surface area contributed by atoms with Crippen LogP contribution in [0.5, 0.6) is 11.5 Å². The predicted octanol–water partition coefficient (Wildman–Crippen LogP) is 2.80. The standard InChI is InChI=1S/C18H20FN3O3/c1-12(16-9-8-15(24-2)10-17(16)25-3)21-22-18(23)11-20-14-6-4-13(19)5-7-14/h4-10,20H,11H2,1-3H3,(H,22,23). The molecule has 7 heteroatoms. The van der Waals surface area contributed by atoms with Crippen molar-refractivity contribution in [3.8, 4) is 11.5 Å². The van der Waals surface area contributed by atoms with Gasteiger partial charge in [0.05, 0.1) is 26.5 Å². The molecule has 0 aliphatic rings. The van der Waals surface area contributed by atoms with Gasteiger partial charge in [-0.3, -0.25) is 4.79 Å². The van der Waals surface area contributed by atoms with Crippen LogP contribution in [0, 0.1) is 5.82 Å². The van der Waals surface area contributed by atoms with Gasteiger partial charge in [0.2, 0.25) is 0 Å². The van der Waals surface area contributed by atoms with E-state index in [2.05, 4.69) is 15.8 Å². The molecule has 0 aromatic heterocycles. The van der Waals surface area contributed by atoms with Crippen LogP contribution >= 0.6 is 0 Å². The molecular weight excluding hydrogens is 325 g/mol. The highest BCUT2D eigenvalue weighted by molar-refractivity contribution is 6.01. The summed E-state index contributed by atoms with van der Waals surface area (Å²) in [5.41, 5.74) is 4.45. The highest BCUT2D eigenvalue weighted by Gasteiger charge is 2.09. The summed E-state index contributed by atoms with van der Waals surface area (Å²) in [6, 6.07) is 11.1. The van der Waals surface area contributed by atoms with E-state index < -0.39 is 0 Å². The number of amides is 1. The van der Waals surface area contributed by atoms with Crippen LogP contribution < -0.4 is 20.2 Å². The largest absolute Gasteiger partial charge is 0.497 e. The summed E-state index contributed by atoms with van der Waals surface area (Å²) in [6.07, 6.45) is 0. The Labute approximate surface area is 145 Å². The number of carbonyl (C=O) groups excluding carboxylic acids is 1. The Balaban J connectivity index is 1.96. The molecule has 0 atom stereocenters. The highest BCUT2D eigenvalue weighted by Crippen LogP contribution is 2.25. The van der Waals surface area contributed by atoms with E-state index in [1.165, 1.54) is 12.1 Å². The quantitative estimate of drug-likeness (QED) is 0.598.